The van der Waals surface area contributed by atoms with E-state index in [9.17, 15) is 4.79 Å². The molecule has 6 heteroatoms. The van der Waals surface area contributed by atoms with Gasteiger partial charge in [0.1, 0.15) is 0 Å². The Hall–Kier alpha value is -0.810. The number of halogens is 2. The van der Waals surface area contributed by atoms with Crippen LogP contribution in [0.4, 0.5) is 0 Å². The summed E-state index contributed by atoms with van der Waals surface area (Å²) in [5.41, 5.74) is 0.919. The van der Waals surface area contributed by atoms with Crippen LogP contribution in [0.5, 0.6) is 0 Å². The zero-order valence-electron chi connectivity index (χ0n) is 13.2. The van der Waals surface area contributed by atoms with Crippen molar-refractivity contribution in [3.8, 4) is 0 Å². The van der Waals surface area contributed by atoms with Crippen LogP contribution in [-0.4, -0.2) is 61.0 Å². The molecule has 1 aromatic carbocycles. The van der Waals surface area contributed by atoms with Crippen molar-refractivity contribution >= 4 is 29.1 Å². The summed E-state index contributed by atoms with van der Waals surface area (Å²) in [7, 11) is 0. The number of amides is 1. The highest BCUT2D eigenvalue weighted by atomic mass is 35.5. The van der Waals surface area contributed by atoms with Crippen LogP contribution in [0.3, 0.4) is 0 Å². The lowest BCUT2D eigenvalue weighted by Gasteiger charge is -2.38. The average molecular weight is 356 g/mol. The first-order valence-electron chi connectivity index (χ1n) is 8.30. The maximum Gasteiger partial charge on any atom is 0.227 e. The zero-order valence-corrected chi connectivity index (χ0v) is 14.7. The highest BCUT2D eigenvalue weighted by Gasteiger charge is 2.28. The van der Waals surface area contributed by atoms with Gasteiger partial charge in [-0.05, 0) is 43.6 Å². The third-order valence-electron chi connectivity index (χ3n) is 4.68. The van der Waals surface area contributed by atoms with Gasteiger partial charge in [-0.2, -0.15) is 0 Å². The van der Waals surface area contributed by atoms with Gasteiger partial charge in [0.25, 0.3) is 0 Å². The molecule has 2 aliphatic rings. The molecule has 23 heavy (non-hydrogen) atoms. The van der Waals surface area contributed by atoms with Gasteiger partial charge in [0.15, 0.2) is 0 Å². The lowest BCUT2D eigenvalue weighted by atomic mass is 10.1. The maximum absolute atomic E-state index is 12.8. The van der Waals surface area contributed by atoms with Crippen LogP contribution >= 0.6 is 23.2 Å². The molecule has 0 radical (unpaired) electrons. The van der Waals surface area contributed by atoms with E-state index in [0.29, 0.717) is 16.5 Å². The lowest BCUT2D eigenvalue weighted by Crippen LogP contribution is -2.57. The number of benzene rings is 1. The summed E-state index contributed by atoms with van der Waals surface area (Å²) in [6.45, 7) is 5.81. The van der Waals surface area contributed by atoms with E-state index in [-0.39, 0.29) is 11.9 Å². The number of hydrogen-bond donors (Lipinski definition) is 1. The summed E-state index contributed by atoms with van der Waals surface area (Å²) in [4.78, 5) is 17.3. The van der Waals surface area contributed by atoms with Crippen LogP contribution in [0.2, 0.25) is 10.0 Å². The smallest absolute Gasteiger partial charge is 0.227 e. The third kappa shape index (κ3) is 4.38. The largest absolute Gasteiger partial charge is 0.336 e. The monoisotopic (exact) mass is 355 g/mol. The Morgan fingerprint density at radius 2 is 1.96 bits per heavy atom. The average Bonchev–Trinajstić information content (AvgIpc) is 3.04. The molecule has 1 atom stereocenters. The van der Waals surface area contributed by atoms with E-state index in [4.69, 9.17) is 23.2 Å². The first-order chi connectivity index (χ1) is 11.1. The number of nitrogens with zero attached hydrogens (tertiary/aromatic N) is 2. The van der Waals surface area contributed by atoms with E-state index in [1.54, 1.807) is 12.1 Å². The Balaban J connectivity index is 1.64. The van der Waals surface area contributed by atoms with Crippen molar-refractivity contribution in [3.63, 3.8) is 0 Å². The van der Waals surface area contributed by atoms with Crippen LogP contribution in [0.15, 0.2) is 18.2 Å². The fourth-order valence-corrected chi connectivity index (χ4v) is 3.76. The number of piperazine rings is 1. The number of likely N-dealkylation sites (tertiary alicyclic amines) is 1. The van der Waals surface area contributed by atoms with E-state index in [2.05, 4.69) is 10.2 Å². The molecule has 126 valence electrons. The Kier molecular flexibility index (Phi) is 5.81. The number of rotatable bonds is 4. The summed E-state index contributed by atoms with van der Waals surface area (Å²) in [5.74, 6) is 0.175. The minimum absolute atomic E-state index is 0.175. The van der Waals surface area contributed by atoms with Crippen LogP contribution in [0.1, 0.15) is 18.4 Å². The van der Waals surface area contributed by atoms with Crippen molar-refractivity contribution in [1.82, 2.24) is 15.1 Å². The molecule has 4 nitrogen and oxygen atoms in total. The molecule has 3 rings (SSSR count). The topological polar surface area (TPSA) is 35.6 Å². The van der Waals surface area contributed by atoms with E-state index < -0.39 is 0 Å². The van der Waals surface area contributed by atoms with E-state index in [1.165, 1.54) is 12.8 Å². The van der Waals surface area contributed by atoms with Gasteiger partial charge in [-0.1, -0.05) is 29.3 Å². The zero-order chi connectivity index (χ0) is 16.2. The molecule has 0 aliphatic carbocycles. The second kappa shape index (κ2) is 7.84. The number of carbonyl (C=O) groups excluding carboxylic acids is 1. The Morgan fingerprint density at radius 1 is 1.17 bits per heavy atom. The Morgan fingerprint density at radius 3 is 2.70 bits per heavy atom. The Bertz CT molecular complexity index is 561. The number of carbonyl (C=O) groups is 1. The van der Waals surface area contributed by atoms with E-state index in [0.717, 1.165) is 44.8 Å². The second-order valence-corrected chi connectivity index (χ2v) is 7.19. The Labute approximate surface area is 147 Å². The minimum atomic E-state index is 0.175. The summed E-state index contributed by atoms with van der Waals surface area (Å²) in [5, 5.41) is 4.45. The summed E-state index contributed by atoms with van der Waals surface area (Å²) in [6.07, 6.45) is 2.93. The van der Waals surface area contributed by atoms with Gasteiger partial charge in [-0.25, -0.2) is 0 Å². The first-order valence-corrected chi connectivity index (χ1v) is 9.05. The highest BCUT2D eigenvalue weighted by Crippen LogP contribution is 2.23. The molecule has 2 heterocycles. The standard InChI is InChI=1S/C17H23Cl2N3O/c18-15-4-3-13(9-16(15)19)10-17(23)22-8-5-20-11-14(22)12-21-6-1-2-7-21/h3-4,9,14,20H,1-2,5-8,10-12H2/t14-/m0/s1. The molecular formula is C17H23Cl2N3O. The predicted octanol–water partition coefficient (Wildman–Crippen LogP) is 2.43. The molecule has 1 aromatic rings. The normalized spacial score (nSPS) is 22.5. The van der Waals surface area contributed by atoms with Crippen molar-refractivity contribution in [2.24, 2.45) is 0 Å². The second-order valence-electron chi connectivity index (χ2n) is 6.38. The van der Waals surface area contributed by atoms with Crippen molar-refractivity contribution in [3.05, 3.63) is 33.8 Å². The van der Waals surface area contributed by atoms with Gasteiger partial charge in [-0.15, -0.1) is 0 Å². The fourth-order valence-electron chi connectivity index (χ4n) is 3.44. The van der Waals surface area contributed by atoms with Crippen LogP contribution in [-0.2, 0) is 11.2 Å². The van der Waals surface area contributed by atoms with Crippen molar-refractivity contribution < 1.29 is 4.79 Å². The van der Waals surface area contributed by atoms with Gasteiger partial charge < -0.3 is 15.1 Å². The van der Waals surface area contributed by atoms with Gasteiger partial charge in [0.05, 0.1) is 22.5 Å². The van der Waals surface area contributed by atoms with Gasteiger partial charge in [0.2, 0.25) is 5.91 Å². The van der Waals surface area contributed by atoms with E-state index in [1.807, 2.05) is 11.0 Å². The number of nitrogens with one attached hydrogen (secondary N) is 1. The van der Waals surface area contributed by atoms with Gasteiger partial charge in [-0.3, -0.25) is 4.79 Å². The van der Waals surface area contributed by atoms with Crippen molar-refractivity contribution in [1.29, 1.82) is 0 Å². The van der Waals surface area contributed by atoms with Crippen LogP contribution in [0, 0.1) is 0 Å². The molecule has 2 saturated heterocycles. The molecule has 2 fully saturated rings. The molecule has 0 unspecified atom stereocenters. The molecule has 2 aliphatic heterocycles. The predicted molar refractivity (Wildman–Crippen MR) is 94.2 cm³/mol. The van der Waals surface area contributed by atoms with Crippen LogP contribution < -0.4 is 5.32 Å². The van der Waals surface area contributed by atoms with Crippen molar-refractivity contribution in [2.45, 2.75) is 25.3 Å². The summed E-state index contributed by atoms with van der Waals surface area (Å²) in [6, 6.07) is 5.69. The molecule has 0 bridgehead atoms. The molecular weight excluding hydrogens is 333 g/mol. The van der Waals surface area contributed by atoms with Gasteiger partial charge >= 0.3 is 0 Å². The molecule has 0 aromatic heterocycles. The summed E-state index contributed by atoms with van der Waals surface area (Å²) >= 11 is 12.0. The quantitative estimate of drug-likeness (QED) is 0.900. The number of hydrogen-bond acceptors (Lipinski definition) is 3. The third-order valence-corrected chi connectivity index (χ3v) is 5.42. The summed E-state index contributed by atoms with van der Waals surface area (Å²) < 4.78 is 0. The SMILES string of the molecule is O=C(Cc1ccc(Cl)c(Cl)c1)N1CCNC[C@H]1CN1CCCC1. The highest BCUT2D eigenvalue weighted by molar-refractivity contribution is 6.42. The molecule has 1 N–H and O–H groups in total. The molecule has 1 amide bonds. The van der Waals surface area contributed by atoms with Crippen LogP contribution in [0.25, 0.3) is 0 Å². The van der Waals surface area contributed by atoms with E-state index >= 15 is 0 Å². The fraction of sp³-hybridized carbons (Fsp3) is 0.588. The van der Waals surface area contributed by atoms with Gasteiger partial charge in [0, 0.05) is 26.2 Å². The first kappa shape index (κ1) is 17.0. The maximum atomic E-state index is 12.8. The minimum Gasteiger partial charge on any atom is -0.336 e. The van der Waals surface area contributed by atoms with Crippen molar-refractivity contribution in [2.75, 3.05) is 39.3 Å². The lowest BCUT2D eigenvalue weighted by molar-refractivity contribution is -0.134. The molecule has 0 saturated carbocycles. The molecule has 0 spiro atoms.